The monoisotopic (exact) mass is 304 g/mol. The number of hydrogen-bond donors (Lipinski definition) is 1. The van der Waals surface area contributed by atoms with Crippen LogP contribution in [0.3, 0.4) is 0 Å². The van der Waals surface area contributed by atoms with E-state index in [0.717, 1.165) is 12.3 Å². The second-order valence-corrected chi connectivity index (χ2v) is 9.94. The highest BCUT2D eigenvalue weighted by Gasteiger charge is 2.61. The van der Waals surface area contributed by atoms with Crippen molar-refractivity contribution in [2.24, 2.45) is 22.2 Å². The van der Waals surface area contributed by atoms with Crippen LogP contribution in [0.25, 0.3) is 0 Å². The molecule has 0 amide bonds. The number of nitrogens with one attached hydrogen (secondary N) is 1. The van der Waals surface area contributed by atoms with Crippen molar-refractivity contribution < 1.29 is 0 Å². The third kappa shape index (κ3) is 2.28. The SMILES string of the molecule is CNC(Cc1nccs1)C12CC3CC(C)(CC(C)(C3)C1)C2. The van der Waals surface area contributed by atoms with E-state index in [-0.39, 0.29) is 0 Å². The van der Waals surface area contributed by atoms with E-state index < -0.39 is 0 Å². The average Bonchev–Trinajstić information content (AvgIpc) is 2.83. The topological polar surface area (TPSA) is 24.9 Å². The van der Waals surface area contributed by atoms with E-state index in [1.165, 1.54) is 43.5 Å². The lowest BCUT2D eigenvalue weighted by atomic mass is 9.39. The summed E-state index contributed by atoms with van der Waals surface area (Å²) in [6.45, 7) is 5.14. The molecule has 0 aromatic carbocycles. The molecule has 0 saturated heterocycles. The van der Waals surface area contributed by atoms with E-state index in [1.54, 1.807) is 0 Å². The van der Waals surface area contributed by atoms with Gasteiger partial charge in [-0.15, -0.1) is 11.3 Å². The Morgan fingerprint density at radius 1 is 1.24 bits per heavy atom. The van der Waals surface area contributed by atoms with Crippen molar-refractivity contribution in [2.45, 2.75) is 64.8 Å². The zero-order valence-electron chi connectivity index (χ0n) is 13.6. The summed E-state index contributed by atoms with van der Waals surface area (Å²) in [4.78, 5) is 4.54. The van der Waals surface area contributed by atoms with Crippen LogP contribution in [-0.2, 0) is 6.42 Å². The van der Waals surface area contributed by atoms with Gasteiger partial charge in [0.1, 0.15) is 0 Å². The summed E-state index contributed by atoms with van der Waals surface area (Å²) in [5.41, 5.74) is 1.72. The van der Waals surface area contributed by atoms with E-state index in [1.807, 2.05) is 17.5 Å². The van der Waals surface area contributed by atoms with Crippen molar-refractivity contribution in [1.82, 2.24) is 10.3 Å². The summed E-state index contributed by atoms with van der Waals surface area (Å²) in [5.74, 6) is 0.975. The van der Waals surface area contributed by atoms with Crippen molar-refractivity contribution >= 4 is 11.3 Å². The van der Waals surface area contributed by atoms with Gasteiger partial charge < -0.3 is 5.32 Å². The third-order valence-corrected chi connectivity index (χ3v) is 7.42. The van der Waals surface area contributed by atoms with Crippen LogP contribution in [0.15, 0.2) is 11.6 Å². The Balaban J connectivity index is 1.66. The second-order valence-electron chi connectivity index (χ2n) is 8.96. The number of rotatable bonds is 4. The smallest absolute Gasteiger partial charge is 0.0940 e. The molecule has 3 atom stereocenters. The van der Waals surface area contributed by atoms with Crippen LogP contribution in [0, 0.1) is 22.2 Å². The van der Waals surface area contributed by atoms with Crippen molar-refractivity contribution in [3.63, 3.8) is 0 Å². The normalized spacial score (nSPS) is 46.0. The molecule has 1 N–H and O–H groups in total. The van der Waals surface area contributed by atoms with Crippen LogP contribution in [0.4, 0.5) is 0 Å². The highest BCUT2D eigenvalue weighted by Crippen LogP contribution is 2.70. The predicted octanol–water partition coefficient (Wildman–Crippen LogP) is 4.27. The number of aromatic nitrogens is 1. The maximum Gasteiger partial charge on any atom is 0.0940 e. The summed E-state index contributed by atoms with van der Waals surface area (Å²) < 4.78 is 0. The Hall–Kier alpha value is -0.410. The van der Waals surface area contributed by atoms with Gasteiger partial charge in [-0.25, -0.2) is 4.98 Å². The lowest BCUT2D eigenvalue weighted by Crippen LogP contribution is -2.61. The fourth-order valence-corrected chi connectivity index (χ4v) is 7.74. The van der Waals surface area contributed by atoms with E-state index in [9.17, 15) is 0 Å². The number of nitrogens with zero attached hydrogens (tertiary/aromatic N) is 1. The van der Waals surface area contributed by atoms with Gasteiger partial charge in [0.05, 0.1) is 5.01 Å². The molecule has 4 saturated carbocycles. The molecule has 4 aliphatic rings. The zero-order chi connectivity index (χ0) is 14.7. The van der Waals surface area contributed by atoms with Crippen molar-refractivity contribution in [2.75, 3.05) is 7.05 Å². The molecule has 4 fully saturated rings. The van der Waals surface area contributed by atoms with E-state index >= 15 is 0 Å². The summed E-state index contributed by atoms with van der Waals surface area (Å²) in [6.07, 6.45) is 11.8. The molecule has 21 heavy (non-hydrogen) atoms. The standard InChI is InChI=1S/C18H28N2S/c1-16-7-13-8-17(2,10-16)12-18(9-13,11-16)14(19-3)6-15-20-4-5-21-15/h4-5,13-14,19H,6-12H2,1-3H3. The molecule has 116 valence electrons. The molecule has 2 nitrogen and oxygen atoms in total. The van der Waals surface area contributed by atoms with Crippen molar-refractivity contribution in [1.29, 1.82) is 0 Å². The van der Waals surface area contributed by atoms with Crippen molar-refractivity contribution in [3.05, 3.63) is 16.6 Å². The van der Waals surface area contributed by atoms with Gasteiger partial charge in [0.15, 0.2) is 0 Å². The molecule has 0 spiro atoms. The summed E-state index contributed by atoms with van der Waals surface area (Å²) in [5, 5.41) is 7.12. The van der Waals surface area contributed by atoms with Crippen LogP contribution in [0.2, 0.25) is 0 Å². The van der Waals surface area contributed by atoms with Gasteiger partial charge in [0.2, 0.25) is 0 Å². The summed E-state index contributed by atoms with van der Waals surface area (Å²) >= 11 is 1.82. The highest BCUT2D eigenvalue weighted by atomic mass is 32.1. The first-order chi connectivity index (χ1) is 9.94. The molecule has 1 heterocycles. The van der Waals surface area contributed by atoms with Gasteiger partial charge in [-0.1, -0.05) is 13.8 Å². The molecule has 4 bridgehead atoms. The Morgan fingerprint density at radius 2 is 1.95 bits per heavy atom. The lowest BCUT2D eigenvalue weighted by Gasteiger charge is -2.67. The first-order valence-electron chi connectivity index (χ1n) is 8.50. The van der Waals surface area contributed by atoms with Gasteiger partial charge in [-0.3, -0.25) is 0 Å². The first-order valence-corrected chi connectivity index (χ1v) is 9.38. The fraction of sp³-hybridized carbons (Fsp3) is 0.833. The maximum absolute atomic E-state index is 4.54. The summed E-state index contributed by atoms with van der Waals surface area (Å²) in [7, 11) is 2.17. The number of likely N-dealkylation sites (N-methyl/N-ethyl adjacent to an activating group) is 1. The Morgan fingerprint density at radius 3 is 2.48 bits per heavy atom. The molecule has 4 aliphatic carbocycles. The molecule has 3 unspecified atom stereocenters. The minimum Gasteiger partial charge on any atom is -0.316 e. The summed E-state index contributed by atoms with van der Waals surface area (Å²) in [6, 6.07) is 0.602. The Bertz CT molecular complexity index is 505. The largest absolute Gasteiger partial charge is 0.316 e. The Kier molecular flexibility index (Phi) is 3.07. The fourth-order valence-electron chi connectivity index (χ4n) is 7.08. The van der Waals surface area contributed by atoms with Crippen LogP contribution in [0.5, 0.6) is 0 Å². The second kappa shape index (κ2) is 4.55. The van der Waals surface area contributed by atoms with E-state index in [4.69, 9.17) is 0 Å². The molecular formula is C18H28N2S. The van der Waals surface area contributed by atoms with Crippen LogP contribution >= 0.6 is 11.3 Å². The quantitative estimate of drug-likeness (QED) is 0.898. The maximum atomic E-state index is 4.54. The van der Waals surface area contributed by atoms with E-state index in [0.29, 0.717) is 22.3 Å². The molecule has 5 rings (SSSR count). The molecule has 3 heteroatoms. The average molecular weight is 305 g/mol. The minimum atomic E-state index is 0.517. The van der Waals surface area contributed by atoms with Gasteiger partial charge in [0.25, 0.3) is 0 Å². The third-order valence-electron chi connectivity index (χ3n) is 6.62. The Labute approximate surface area is 132 Å². The lowest BCUT2D eigenvalue weighted by molar-refractivity contribution is -0.157. The molecule has 1 aromatic heterocycles. The number of hydrogen-bond acceptors (Lipinski definition) is 3. The first kappa shape index (κ1) is 14.2. The number of thiazole rings is 1. The van der Waals surface area contributed by atoms with Crippen LogP contribution < -0.4 is 5.32 Å². The van der Waals surface area contributed by atoms with Crippen LogP contribution in [0.1, 0.15) is 57.4 Å². The van der Waals surface area contributed by atoms with Gasteiger partial charge in [-0.2, -0.15) is 0 Å². The highest BCUT2D eigenvalue weighted by molar-refractivity contribution is 7.09. The van der Waals surface area contributed by atoms with Crippen LogP contribution in [-0.4, -0.2) is 18.1 Å². The molecular weight excluding hydrogens is 276 g/mol. The predicted molar refractivity (Wildman–Crippen MR) is 88.5 cm³/mol. The van der Waals surface area contributed by atoms with Gasteiger partial charge in [0, 0.05) is 24.0 Å². The van der Waals surface area contributed by atoms with Crippen molar-refractivity contribution in [3.8, 4) is 0 Å². The minimum absolute atomic E-state index is 0.517. The van der Waals surface area contributed by atoms with Gasteiger partial charge in [-0.05, 0) is 67.7 Å². The molecule has 1 aromatic rings. The molecule has 0 aliphatic heterocycles. The molecule has 0 radical (unpaired) electrons. The van der Waals surface area contributed by atoms with Gasteiger partial charge >= 0.3 is 0 Å². The van der Waals surface area contributed by atoms with E-state index in [2.05, 4.69) is 36.6 Å². The zero-order valence-corrected chi connectivity index (χ0v) is 14.4.